The summed E-state index contributed by atoms with van der Waals surface area (Å²) in [7, 11) is 1.90. The monoisotopic (exact) mass is 195 g/mol. The topological polar surface area (TPSA) is 21.3 Å². The van der Waals surface area contributed by atoms with Gasteiger partial charge in [-0.3, -0.25) is 0 Å². The van der Waals surface area contributed by atoms with E-state index in [2.05, 4.69) is 30.1 Å². The van der Waals surface area contributed by atoms with Crippen LogP contribution in [0.2, 0.25) is 0 Å². The van der Waals surface area contributed by atoms with E-state index in [1.54, 1.807) is 0 Å². The van der Waals surface area contributed by atoms with Gasteiger partial charge in [0.05, 0.1) is 12.0 Å². The van der Waals surface area contributed by atoms with E-state index in [1.165, 1.54) is 11.1 Å². The Morgan fingerprint density at radius 2 is 2.38 bits per heavy atom. The van der Waals surface area contributed by atoms with Gasteiger partial charge in [0.15, 0.2) is 0 Å². The highest BCUT2D eigenvalue weighted by Gasteiger charge is 2.13. The van der Waals surface area contributed by atoms with Gasteiger partial charge in [0.25, 0.3) is 0 Å². The third-order valence-electron chi connectivity index (χ3n) is 2.30. The predicted octanol–water partition coefficient (Wildman–Crippen LogP) is 1.77. The Balaban J connectivity index is 2.30. The van der Waals surface area contributed by atoms with Gasteiger partial charge in [-0.25, -0.2) is 0 Å². The fourth-order valence-corrected chi connectivity index (χ4v) is 1.70. The van der Waals surface area contributed by atoms with Crippen LogP contribution in [-0.4, -0.2) is 13.7 Å². The third-order valence-corrected chi connectivity index (χ3v) is 2.86. The van der Waals surface area contributed by atoms with E-state index in [4.69, 9.17) is 4.74 Å². The van der Waals surface area contributed by atoms with E-state index in [0.717, 1.165) is 18.8 Å². The van der Waals surface area contributed by atoms with Crippen LogP contribution in [0.3, 0.4) is 0 Å². The number of hydrogen-bond acceptors (Lipinski definition) is 3. The normalized spacial score (nSPS) is 16.5. The highest BCUT2D eigenvalue weighted by atomic mass is 32.1. The number of fused-ring (bicyclic) bond motifs is 1. The summed E-state index contributed by atoms with van der Waals surface area (Å²) in [5.41, 5.74) is 2.50. The second-order valence-electron chi connectivity index (χ2n) is 3.16. The molecule has 0 saturated heterocycles. The molecule has 1 atom stereocenters. The zero-order chi connectivity index (χ0) is 9.26. The summed E-state index contributed by atoms with van der Waals surface area (Å²) in [5.74, 6) is 1.03. The second kappa shape index (κ2) is 3.60. The molecule has 0 amide bonds. The fraction of sp³-hybridized carbons (Fsp3) is 0.400. The quantitative estimate of drug-likeness (QED) is 0.554. The molecule has 0 saturated carbocycles. The van der Waals surface area contributed by atoms with Gasteiger partial charge in [0.2, 0.25) is 0 Å². The second-order valence-corrected chi connectivity index (χ2v) is 3.67. The van der Waals surface area contributed by atoms with Gasteiger partial charge < -0.3 is 10.1 Å². The van der Waals surface area contributed by atoms with Crippen LogP contribution in [0.1, 0.15) is 16.5 Å². The van der Waals surface area contributed by atoms with Crippen molar-refractivity contribution < 1.29 is 4.74 Å². The molecule has 0 aromatic heterocycles. The number of thiol groups is 1. The van der Waals surface area contributed by atoms with Gasteiger partial charge in [-0.05, 0) is 30.3 Å². The van der Waals surface area contributed by atoms with Gasteiger partial charge in [0.1, 0.15) is 5.75 Å². The zero-order valence-corrected chi connectivity index (χ0v) is 8.47. The first-order valence-electron chi connectivity index (χ1n) is 4.42. The Labute approximate surface area is 83.7 Å². The van der Waals surface area contributed by atoms with E-state index in [0.29, 0.717) is 0 Å². The maximum Gasteiger partial charge on any atom is 0.122 e. The van der Waals surface area contributed by atoms with E-state index in [9.17, 15) is 0 Å². The molecule has 3 heteroatoms. The lowest BCUT2D eigenvalue weighted by Crippen LogP contribution is -2.09. The molecule has 13 heavy (non-hydrogen) atoms. The summed E-state index contributed by atoms with van der Waals surface area (Å²) in [4.78, 5) is 0. The molecule has 0 aliphatic carbocycles. The van der Waals surface area contributed by atoms with Gasteiger partial charge in [-0.2, -0.15) is 12.6 Å². The molecular formula is C10H13NOS. The van der Waals surface area contributed by atoms with Crippen molar-refractivity contribution in [1.82, 2.24) is 5.32 Å². The van der Waals surface area contributed by atoms with Crippen molar-refractivity contribution in [2.24, 2.45) is 0 Å². The van der Waals surface area contributed by atoms with Gasteiger partial charge in [-0.15, -0.1) is 0 Å². The molecule has 1 aromatic carbocycles. The summed E-state index contributed by atoms with van der Waals surface area (Å²) in [6.45, 7) is 0.815. The number of hydrogen-bond donors (Lipinski definition) is 2. The van der Waals surface area contributed by atoms with Crippen molar-refractivity contribution in [3.8, 4) is 5.75 Å². The van der Waals surface area contributed by atoms with E-state index in [-0.39, 0.29) is 5.37 Å². The first-order valence-corrected chi connectivity index (χ1v) is 4.94. The Bertz CT molecular complexity index is 314. The molecule has 0 bridgehead atoms. The molecule has 0 radical (unpaired) electrons. The molecule has 70 valence electrons. The molecule has 1 aromatic rings. The SMILES string of the molecule is CNC(S)c1ccc2c(c1)CCO2. The number of benzene rings is 1. The molecule has 1 heterocycles. The molecular weight excluding hydrogens is 182 g/mol. The molecule has 0 fully saturated rings. The van der Waals surface area contributed by atoms with E-state index >= 15 is 0 Å². The van der Waals surface area contributed by atoms with Crippen molar-refractivity contribution >= 4 is 12.6 Å². The van der Waals surface area contributed by atoms with Crippen LogP contribution in [0.15, 0.2) is 18.2 Å². The van der Waals surface area contributed by atoms with Gasteiger partial charge >= 0.3 is 0 Å². The van der Waals surface area contributed by atoms with Crippen LogP contribution in [0.4, 0.5) is 0 Å². The highest BCUT2D eigenvalue weighted by Crippen LogP contribution is 2.28. The predicted molar refractivity (Wildman–Crippen MR) is 56.4 cm³/mol. The Morgan fingerprint density at radius 3 is 3.15 bits per heavy atom. The van der Waals surface area contributed by atoms with Crippen LogP contribution in [0, 0.1) is 0 Å². The summed E-state index contributed by atoms with van der Waals surface area (Å²) in [6.07, 6.45) is 1.02. The first kappa shape index (κ1) is 8.91. The van der Waals surface area contributed by atoms with Crippen molar-refractivity contribution in [2.45, 2.75) is 11.8 Å². The number of rotatable bonds is 2. The molecule has 1 aliphatic rings. The van der Waals surface area contributed by atoms with Crippen LogP contribution in [0.25, 0.3) is 0 Å². The molecule has 1 aliphatic heterocycles. The minimum atomic E-state index is 0.117. The minimum Gasteiger partial charge on any atom is -0.493 e. The molecule has 0 spiro atoms. The van der Waals surface area contributed by atoms with Crippen molar-refractivity contribution in [1.29, 1.82) is 0 Å². The summed E-state index contributed by atoms with van der Waals surface area (Å²) in [6, 6.07) is 6.24. The van der Waals surface area contributed by atoms with Crippen molar-refractivity contribution in [3.05, 3.63) is 29.3 Å². The molecule has 1 N–H and O–H groups in total. The summed E-state index contributed by atoms with van der Waals surface area (Å²) >= 11 is 4.41. The van der Waals surface area contributed by atoms with Crippen LogP contribution >= 0.6 is 12.6 Å². The van der Waals surface area contributed by atoms with E-state index in [1.807, 2.05) is 13.1 Å². The van der Waals surface area contributed by atoms with Crippen LogP contribution in [0.5, 0.6) is 5.75 Å². The van der Waals surface area contributed by atoms with Gasteiger partial charge in [0, 0.05) is 6.42 Å². The average molecular weight is 195 g/mol. The first-order chi connectivity index (χ1) is 6.31. The third kappa shape index (κ3) is 1.67. The van der Waals surface area contributed by atoms with Crippen LogP contribution < -0.4 is 10.1 Å². The van der Waals surface area contributed by atoms with Crippen molar-refractivity contribution in [3.63, 3.8) is 0 Å². The lowest BCUT2D eigenvalue weighted by atomic mass is 10.1. The lowest BCUT2D eigenvalue weighted by molar-refractivity contribution is 0.357. The Kier molecular flexibility index (Phi) is 2.47. The maximum absolute atomic E-state index is 5.42. The fourth-order valence-electron chi connectivity index (χ4n) is 1.54. The molecule has 2 rings (SSSR count). The summed E-state index contributed by atoms with van der Waals surface area (Å²) < 4.78 is 5.42. The molecule has 1 unspecified atom stereocenters. The smallest absolute Gasteiger partial charge is 0.122 e. The number of ether oxygens (including phenoxy) is 1. The van der Waals surface area contributed by atoms with E-state index < -0.39 is 0 Å². The standard InChI is InChI=1S/C10H13NOS/c1-11-10(13)8-2-3-9-7(6-8)4-5-12-9/h2-3,6,10-11,13H,4-5H2,1H3. The lowest BCUT2D eigenvalue weighted by Gasteiger charge is -2.10. The Hall–Kier alpha value is -0.670. The summed E-state index contributed by atoms with van der Waals surface area (Å²) in [5, 5.41) is 3.21. The van der Waals surface area contributed by atoms with Crippen LogP contribution in [-0.2, 0) is 6.42 Å². The highest BCUT2D eigenvalue weighted by molar-refractivity contribution is 7.80. The molecule has 2 nitrogen and oxygen atoms in total. The van der Waals surface area contributed by atoms with Crippen molar-refractivity contribution in [2.75, 3.05) is 13.7 Å². The minimum absolute atomic E-state index is 0.117. The average Bonchev–Trinajstić information content (AvgIpc) is 2.63. The maximum atomic E-state index is 5.42. The largest absolute Gasteiger partial charge is 0.493 e. The number of nitrogens with one attached hydrogen (secondary N) is 1. The Morgan fingerprint density at radius 1 is 1.54 bits per heavy atom. The van der Waals surface area contributed by atoms with Gasteiger partial charge in [-0.1, -0.05) is 6.07 Å². The zero-order valence-electron chi connectivity index (χ0n) is 7.58.